The van der Waals surface area contributed by atoms with Crippen LogP contribution in [0.2, 0.25) is 0 Å². The number of ether oxygens (including phenoxy) is 1. The van der Waals surface area contributed by atoms with Gasteiger partial charge in [0.2, 0.25) is 0 Å². The van der Waals surface area contributed by atoms with E-state index in [9.17, 15) is 4.79 Å². The number of hydrogen-bond acceptors (Lipinski definition) is 5. The maximum Gasteiger partial charge on any atom is 0.293 e. The molecule has 0 aromatic carbocycles. The van der Waals surface area contributed by atoms with Crippen molar-refractivity contribution in [1.82, 2.24) is 14.9 Å². The Morgan fingerprint density at radius 2 is 2.33 bits per heavy atom. The molecule has 2 atom stereocenters. The summed E-state index contributed by atoms with van der Waals surface area (Å²) >= 11 is 0. The van der Waals surface area contributed by atoms with Gasteiger partial charge < -0.3 is 19.9 Å². The summed E-state index contributed by atoms with van der Waals surface area (Å²) in [7, 11) is 1.69. The first-order chi connectivity index (χ1) is 8.79. The van der Waals surface area contributed by atoms with Gasteiger partial charge in [0.05, 0.1) is 12.1 Å². The minimum absolute atomic E-state index is 0.0262. The maximum atomic E-state index is 12.2. The van der Waals surface area contributed by atoms with Crippen LogP contribution in [0.4, 0.5) is 5.82 Å². The second-order valence-electron chi connectivity index (χ2n) is 4.90. The zero-order valence-electron chi connectivity index (χ0n) is 10.4. The normalized spacial score (nSPS) is 27.4. The molecule has 2 aliphatic rings. The molecule has 1 aromatic heterocycles. The number of anilines is 1. The molecule has 1 unspecified atom stereocenters. The lowest BCUT2D eigenvalue weighted by molar-refractivity contribution is 0.111. The Bertz CT molecular complexity index is 483. The van der Waals surface area contributed by atoms with E-state index >= 15 is 0 Å². The average Bonchev–Trinajstić information content (AvgIpc) is 3.12. The molecular formula is C12H18N4O2. The van der Waals surface area contributed by atoms with Gasteiger partial charge in [-0.1, -0.05) is 0 Å². The zero-order chi connectivity index (χ0) is 12.5. The highest BCUT2D eigenvalue weighted by Gasteiger charge is 2.29. The van der Waals surface area contributed by atoms with Gasteiger partial charge in [-0.2, -0.15) is 0 Å². The molecule has 6 nitrogen and oxygen atoms in total. The first kappa shape index (κ1) is 11.7. The molecule has 1 aromatic rings. The summed E-state index contributed by atoms with van der Waals surface area (Å²) in [6.07, 6.45) is 5.73. The van der Waals surface area contributed by atoms with Crippen LogP contribution in [0, 0.1) is 0 Å². The molecule has 0 radical (unpaired) electrons. The van der Waals surface area contributed by atoms with Gasteiger partial charge in [0.1, 0.15) is 0 Å². The molecule has 6 heteroatoms. The first-order valence-electron chi connectivity index (χ1n) is 6.37. The molecule has 0 amide bonds. The third-order valence-corrected chi connectivity index (χ3v) is 3.59. The predicted octanol–water partition coefficient (Wildman–Crippen LogP) is -0.0231. The Balaban J connectivity index is 1.80. The van der Waals surface area contributed by atoms with Gasteiger partial charge in [-0.05, 0) is 12.8 Å². The Morgan fingerprint density at radius 1 is 1.50 bits per heavy atom. The van der Waals surface area contributed by atoms with Gasteiger partial charge >= 0.3 is 0 Å². The van der Waals surface area contributed by atoms with E-state index in [2.05, 4.69) is 15.6 Å². The number of nitrogens with one attached hydrogen (secondary N) is 2. The lowest BCUT2D eigenvalue weighted by Crippen LogP contribution is -2.37. The van der Waals surface area contributed by atoms with Crippen molar-refractivity contribution in [3.05, 3.63) is 22.7 Å². The average molecular weight is 250 g/mol. The smallest absolute Gasteiger partial charge is 0.293 e. The van der Waals surface area contributed by atoms with Crippen LogP contribution >= 0.6 is 0 Å². The summed E-state index contributed by atoms with van der Waals surface area (Å²) in [6.45, 7) is 1.59. The van der Waals surface area contributed by atoms with Gasteiger partial charge in [0, 0.05) is 38.6 Å². The van der Waals surface area contributed by atoms with Crippen molar-refractivity contribution in [2.24, 2.45) is 0 Å². The summed E-state index contributed by atoms with van der Waals surface area (Å²) in [4.78, 5) is 16.4. The summed E-state index contributed by atoms with van der Waals surface area (Å²) in [5, 5.41) is 6.44. The van der Waals surface area contributed by atoms with Crippen LogP contribution in [0.3, 0.4) is 0 Å². The van der Waals surface area contributed by atoms with E-state index in [4.69, 9.17) is 4.74 Å². The number of rotatable bonds is 4. The molecule has 2 fully saturated rings. The fourth-order valence-corrected chi connectivity index (χ4v) is 2.39. The van der Waals surface area contributed by atoms with E-state index in [1.165, 1.54) is 0 Å². The molecule has 2 heterocycles. The molecular weight excluding hydrogens is 232 g/mol. The van der Waals surface area contributed by atoms with Crippen molar-refractivity contribution in [3.8, 4) is 0 Å². The van der Waals surface area contributed by atoms with E-state index in [1.54, 1.807) is 24.1 Å². The van der Waals surface area contributed by atoms with E-state index < -0.39 is 0 Å². The van der Waals surface area contributed by atoms with Gasteiger partial charge in [-0.15, -0.1) is 0 Å². The molecule has 3 rings (SSSR count). The topological polar surface area (TPSA) is 68.2 Å². The Kier molecular flexibility index (Phi) is 3.05. The minimum atomic E-state index is -0.0262. The summed E-state index contributed by atoms with van der Waals surface area (Å²) in [5.41, 5.74) is -0.0262. The van der Waals surface area contributed by atoms with Crippen molar-refractivity contribution < 1.29 is 4.74 Å². The highest BCUT2D eigenvalue weighted by molar-refractivity contribution is 5.34. The fraction of sp³-hybridized carbons (Fsp3) is 0.667. The summed E-state index contributed by atoms with van der Waals surface area (Å²) in [6, 6.07) is 0.478. The van der Waals surface area contributed by atoms with Crippen molar-refractivity contribution in [2.75, 3.05) is 25.5 Å². The molecule has 1 aliphatic heterocycles. The number of methoxy groups -OCH3 is 1. The van der Waals surface area contributed by atoms with Crippen molar-refractivity contribution in [2.45, 2.75) is 31.0 Å². The Labute approximate surface area is 105 Å². The van der Waals surface area contributed by atoms with Crippen LogP contribution in [0.5, 0.6) is 0 Å². The molecule has 2 N–H and O–H groups in total. The summed E-state index contributed by atoms with van der Waals surface area (Å²) < 4.78 is 7.14. The van der Waals surface area contributed by atoms with Gasteiger partial charge in [-0.25, -0.2) is 4.98 Å². The van der Waals surface area contributed by atoms with Crippen LogP contribution in [0.15, 0.2) is 17.2 Å². The quantitative estimate of drug-likeness (QED) is 0.786. The first-order valence-corrected chi connectivity index (χ1v) is 6.37. The van der Waals surface area contributed by atoms with Crippen LogP contribution in [-0.4, -0.2) is 41.9 Å². The van der Waals surface area contributed by atoms with Gasteiger partial charge in [-0.3, -0.25) is 4.79 Å². The van der Waals surface area contributed by atoms with E-state index in [-0.39, 0.29) is 17.7 Å². The zero-order valence-corrected chi connectivity index (χ0v) is 10.4. The third-order valence-electron chi connectivity index (χ3n) is 3.59. The van der Waals surface area contributed by atoms with Gasteiger partial charge in [0.15, 0.2) is 5.82 Å². The van der Waals surface area contributed by atoms with E-state index in [0.29, 0.717) is 11.9 Å². The van der Waals surface area contributed by atoms with E-state index in [0.717, 1.165) is 25.9 Å². The molecule has 98 valence electrons. The predicted molar refractivity (Wildman–Crippen MR) is 67.8 cm³/mol. The second-order valence-corrected chi connectivity index (χ2v) is 4.90. The minimum Gasteiger partial charge on any atom is -0.378 e. The van der Waals surface area contributed by atoms with E-state index in [1.807, 2.05) is 0 Å². The van der Waals surface area contributed by atoms with Crippen molar-refractivity contribution in [3.63, 3.8) is 0 Å². The molecule has 0 spiro atoms. The van der Waals surface area contributed by atoms with Crippen LogP contribution in [0.25, 0.3) is 0 Å². The lowest BCUT2D eigenvalue weighted by atomic mass is 10.2. The van der Waals surface area contributed by atoms with Crippen LogP contribution < -0.4 is 16.2 Å². The Morgan fingerprint density at radius 3 is 3.06 bits per heavy atom. The van der Waals surface area contributed by atoms with Crippen LogP contribution in [-0.2, 0) is 4.74 Å². The fourth-order valence-electron chi connectivity index (χ4n) is 2.39. The van der Waals surface area contributed by atoms with Crippen LogP contribution in [0.1, 0.15) is 18.9 Å². The van der Waals surface area contributed by atoms with Crippen molar-refractivity contribution >= 4 is 5.82 Å². The number of aromatic nitrogens is 2. The maximum absolute atomic E-state index is 12.2. The van der Waals surface area contributed by atoms with Gasteiger partial charge in [0.25, 0.3) is 5.56 Å². The monoisotopic (exact) mass is 250 g/mol. The molecule has 1 saturated heterocycles. The standard InChI is InChI=1S/C12H18N4O2/c1-18-10-7-13-6-9(10)15-11-12(17)16(5-4-14-11)8-2-3-8/h4-5,8-10,13H,2-3,6-7H2,1H3,(H,14,15)/t9?,10-/m0/s1. The molecule has 1 aliphatic carbocycles. The highest BCUT2D eigenvalue weighted by atomic mass is 16.5. The highest BCUT2D eigenvalue weighted by Crippen LogP contribution is 2.33. The van der Waals surface area contributed by atoms with Crippen molar-refractivity contribution in [1.29, 1.82) is 0 Å². The molecule has 18 heavy (non-hydrogen) atoms. The Hall–Kier alpha value is -1.40. The lowest BCUT2D eigenvalue weighted by Gasteiger charge is -2.19. The number of nitrogens with zero attached hydrogens (tertiary/aromatic N) is 2. The number of hydrogen-bond donors (Lipinski definition) is 2. The molecule has 1 saturated carbocycles. The third kappa shape index (κ3) is 2.13. The molecule has 0 bridgehead atoms. The largest absolute Gasteiger partial charge is 0.378 e. The summed E-state index contributed by atoms with van der Waals surface area (Å²) in [5.74, 6) is 0.431. The second kappa shape index (κ2) is 4.70. The SMILES string of the molecule is CO[C@H]1CNCC1Nc1nccn(C2CC2)c1=O.